The van der Waals surface area contributed by atoms with Crippen molar-refractivity contribution in [2.75, 3.05) is 20.2 Å². The molecule has 0 saturated carbocycles. The number of methoxy groups -OCH3 is 1. The van der Waals surface area contributed by atoms with Crippen molar-refractivity contribution in [3.8, 4) is 17.3 Å². The average Bonchev–Trinajstić information content (AvgIpc) is 2.62. The molecule has 1 atom stereocenters. The minimum absolute atomic E-state index is 0.473. The van der Waals surface area contributed by atoms with Gasteiger partial charge in [0.1, 0.15) is 0 Å². The molecule has 1 aliphatic heterocycles. The highest BCUT2D eigenvalue weighted by molar-refractivity contribution is 5.55. The van der Waals surface area contributed by atoms with Gasteiger partial charge in [-0.2, -0.15) is 4.98 Å². The minimum Gasteiger partial charge on any atom is -0.481 e. The molecule has 0 N–H and O–H groups in total. The number of likely N-dealkylation sites (tertiary alicyclic amines) is 1. The number of nitrogens with zero attached hydrogens (tertiary/aromatic N) is 3. The van der Waals surface area contributed by atoms with Crippen molar-refractivity contribution in [3.05, 3.63) is 42.1 Å². The maximum absolute atomic E-state index is 5.16. The lowest BCUT2D eigenvalue weighted by Gasteiger charge is -2.32. The summed E-state index contributed by atoms with van der Waals surface area (Å²) in [4.78, 5) is 11.3. The van der Waals surface area contributed by atoms with Crippen LogP contribution >= 0.6 is 0 Å². The Hall–Kier alpha value is -1.94. The molecule has 1 fully saturated rings. The second-order valence-electron chi connectivity index (χ2n) is 5.82. The average molecular weight is 297 g/mol. The molecule has 3 rings (SSSR count). The Morgan fingerprint density at radius 2 is 1.77 bits per heavy atom. The molecule has 1 unspecified atom stereocenters. The van der Waals surface area contributed by atoms with E-state index in [4.69, 9.17) is 4.74 Å². The van der Waals surface area contributed by atoms with Gasteiger partial charge in [0.05, 0.1) is 7.11 Å². The van der Waals surface area contributed by atoms with Crippen molar-refractivity contribution in [1.29, 1.82) is 0 Å². The fourth-order valence-corrected chi connectivity index (χ4v) is 3.02. The summed E-state index contributed by atoms with van der Waals surface area (Å²) in [7, 11) is 1.62. The topological polar surface area (TPSA) is 38.2 Å². The Labute approximate surface area is 132 Å². The Morgan fingerprint density at radius 3 is 2.45 bits per heavy atom. The van der Waals surface area contributed by atoms with E-state index in [-0.39, 0.29) is 0 Å². The van der Waals surface area contributed by atoms with Crippen LogP contribution in [0.4, 0.5) is 0 Å². The van der Waals surface area contributed by atoms with Crippen LogP contribution in [0.5, 0.6) is 5.88 Å². The molecule has 1 aromatic carbocycles. The first kappa shape index (κ1) is 15.0. The van der Waals surface area contributed by atoms with E-state index in [2.05, 4.69) is 46.1 Å². The molecule has 4 heteroatoms. The fraction of sp³-hybridized carbons (Fsp3) is 0.444. The largest absolute Gasteiger partial charge is 0.481 e. The number of hydrogen-bond acceptors (Lipinski definition) is 4. The summed E-state index contributed by atoms with van der Waals surface area (Å²) in [5, 5.41) is 0. The highest BCUT2D eigenvalue weighted by Crippen LogP contribution is 2.26. The normalized spacial score (nSPS) is 17.2. The Bertz CT molecular complexity index is 606. The molecular weight excluding hydrogens is 274 g/mol. The van der Waals surface area contributed by atoms with Gasteiger partial charge >= 0.3 is 0 Å². The maximum atomic E-state index is 5.16. The van der Waals surface area contributed by atoms with Crippen LogP contribution in [-0.2, 0) is 0 Å². The highest BCUT2D eigenvalue weighted by atomic mass is 16.5. The number of rotatable bonds is 4. The van der Waals surface area contributed by atoms with E-state index in [9.17, 15) is 0 Å². The van der Waals surface area contributed by atoms with E-state index >= 15 is 0 Å². The van der Waals surface area contributed by atoms with Gasteiger partial charge in [0.15, 0.2) is 5.82 Å². The van der Waals surface area contributed by atoms with Crippen LogP contribution in [0, 0.1) is 0 Å². The van der Waals surface area contributed by atoms with Gasteiger partial charge in [-0.3, -0.25) is 4.90 Å². The molecule has 1 aromatic heterocycles. The van der Waals surface area contributed by atoms with Gasteiger partial charge in [-0.05, 0) is 38.4 Å². The molecule has 0 spiro atoms. The standard InChI is InChI=1S/C18H23N3O/c1-14(21-12-4-3-5-13-21)15-6-8-16(9-7-15)18-19-11-10-17(20-18)22-2/h6-11,14H,3-5,12-13H2,1-2H3. The number of benzene rings is 1. The zero-order valence-electron chi connectivity index (χ0n) is 13.3. The summed E-state index contributed by atoms with van der Waals surface area (Å²) < 4.78 is 5.16. The molecule has 1 saturated heterocycles. The lowest BCUT2D eigenvalue weighted by molar-refractivity contribution is 0.175. The molecule has 4 nitrogen and oxygen atoms in total. The van der Waals surface area contributed by atoms with E-state index in [0.29, 0.717) is 17.7 Å². The zero-order valence-corrected chi connectivity index (χ0v) is 13.3. The molecule has 2 aromatic rings. The predicted octanol–water partition coefficient (Wildman–Crippen LogP) is 3.70. The Kier molecular flexibility index (Phi) is 4.68. The summed E-state index contributed by atoms with van der Waals surface area (Å²) >= 11 is 0. The highest BCUT2D eigenvalue weighted by Gasteiger charge is 2.18. The monoisotopic (exact) mass is 297 g/mol. The smallest absolute Gasteiger partial charge is 0.216 e. The number of ether oxygens (including phenoxy) is 1. The summed E-state index contributed by atoms with van der Waals surface area (Å²) in [5.41, 5.74) is 2.38. The molecule has 0 radical (unpaired) electrons. The van der Waals surface area contributed by atoms with Crippen molar-refractivity contribution in [3.63, 3.8) is 0 Å². The first-order valence-electron chi connectivity index (χ1n) is 7.99. The van der Waals surface area contributed by atoms with Crippen molar-refractivity contribution in [1.82, 2.24) is 14.9 Å². The summed E-state index contributed by atoms with van der Waals surface area (Å²) in [5.74, 6) is 1.30. The van der Waals surface area contributed by atoms with Crippen LogP contribution in [0.1, 0.15) is 37.8 Å². The van der Waals surface area contributed by atoms with Crippen LogP contribution < -0.4 is 4.74 Å². The molecule has 0 aliphatic carbocycles. The third kappa shape index (κ3) is 3.28. The molecule has 116 valence electrons. The molecular formula is C18H23N3O. The Balaban J connectivity index is 1.76. The molecule has 1 aliphatic rings. The van der Waals surface area contributed by atoms with Crippen molar-refractivity contribution >= 4 is 0 Å². The van der Waals surface area contributed by atoms with E-state index in [1.165, 1.54) is 37.9 Å². The second-order valence-corrected chi connectivity index (χ2v) is 5.82. The number of aromatic nitrogens is 2. The minimum atomic E-state index is 0.473. The van der Waals surface area contributed by atoms with Crippen LogP contribution in [0.2, 0.25) is 0 Å². The van der Waals surface area contributed by atoms with Gasteiger partial charge in [0.25, 0.3) is 0 Å². The van der Waals surface area contributed by atoms with E-state index in [1.807, 2.05) is 0 Å². The summed E-state index contributed by atoms with van der Waals surface area (Å²) in [6.07, 6.45) is 5.74. The van der Waals surface area contributed by atoms with Gasteiger partial charge in [-0.15, -0.1) is 0 Å². The fourth-order valence-electron chi connectivity index (χ4n) is 3.02. The first-order valence-corrected chi connectivity index (χ1v) is 7.99. The van der Waals surface area contributed by atoms with E-state index in [1.54, 1.807) is 19.4 Å². The van der Waals surface area contributed by atoms with Crippen LogP contribution in [0.3, 0.4) is 0 Å². The van der Waals surface area contributed by atoms with Gasteiger partial charge in [0.2, 0.25) is 5.88 Å². The maximum Gasteiger partial charge on any atom is 0.216 e. The number of piperidine rings is 1. The third-order valence-electron chi connectivity index (χ3n) is 4.43. The quantitative estimate of drug-likeness (QED) is 0.862. The zero-order chi connectivity index (χ0) is 15.4. The van der Waals surface area contributed by atoms with Crippen LogP contribution in [0.25, 0.3) is 11.4 Å². The predicted molar refractivity (Wildman–Crippen MR) is 87.9 cm³/mol. The van der Waals surface area contributed by atoms with Gasteiger partial charge in [0, 0.05) is 23.9 Å². The summed E-state index contributed by atoms with van der Waals surface area (Å²) in [6.45, 7) is 4.71. The summed E-state index contributed by atoms with van der Waals surface area (Å²) in [6, 6.07) is 10.8. The van der Waals surface area contributed by atoms with Crippen molar-refractivity contribution in [2.45, 2.75) is 32.2 Å². The third-order valence-corrected chi connectivity index (χ3v) is 4.43. The van der Waals surface area contributed by atoms with Crippen LogP contribution in [-0.4, -0.2) is 35.1 Å². The Morgan fingerprint density at radius 1 is 1.05 bits per heavy atom. The van der Waals surface area contributed by atoms with E-state index in [0.717, 1.165) is 5.56 Å². The molecule has 2 heterocycles. The second kappa shape index (κ2) is 6.88. The van der Waals surface area contributed by atoms with E-state index < -0.39 is 0 Å². The van der Waals surface area contributed by atoms with Crippen molar-refractivity contribution in [2.24, 2.45) is 0 Å². The lowest BCUT2D eigenvalue weighted by Crippen LogP contribution is -2.32. The van der Waals surface area contributed by atoms with Crippen molar-refractivity contribution < 1.29 is 4.74 Å². The molecule has 0 bridgehead atoms. The number of hydrogen-bond donors (Lipinski definition) is 0. The lowest BCUT2D eigenvalue weighted by atomic mass is 10.0. The molecule has 0 amide bonds. The molecule has 22 heavy (non-hydrogen) atoms. The first-order chi connectivity index (χ1) is 10.8. The van der Waals surface area contributed by atoms with Crippen LogP contribution in [0.15, 0.2) is 36.5 Å². The van der Waals surface area contributed by atoms with Gasteiger partial charge < -0.3 is 4.74 Å². The SMILES string of the molecule is COc1ccnc(-c2ccc(C(C)N3CCCCC3)cc2)n1. The van der Waals surface area contributed by atoms with Gasteiger partial charge in [-0.25, -0.2) is 4.98 Å². The van der Waals surface area contributed by atoms with Gasteiger partial charge in [-0.1, -0.05) is 30.7 Å².